The van der Waals surface area contributed by atoms with Crippen molar-refractivity contribution < 1.29 is 13.2 Å². The number of hydrogen-bond donors (Lipinski definition) is 1. The number of benzene rings is 3. The van der Waals surface area contributed by atoms with Gasteiger partial charge < -0.3 is 0 Å². The van der Waals surface area contributed by atoms with Crippen molar-refractivity contribution in [2.75, 3.05) is 6.54 Å². The second-order valence-corrected chi connectivity index (χ2v) is 10.4. The molecule has 32 heavy (non-hydrogen) atoms. The van der Waals surface area contributed by atoms with Crippen LogP contribution >= 0.6 is 39.1 Å². The van der Waals surface area contributed by atoms with Gasteiger partial charge in [0.2, 0.25) is 10.0 Å². The van der Waals surface area contributed by atoms with Crippen molar-refractivity contribution in [3.05, 3.63) is 98.4 Å². The van der Waals surface area contributed by atoms with Crippen molar-refractivity contribution in [1.29, 1.82) is 0 Å². The number of sulfonamides is 1. The Kier molecular flexibility index (Phi) is 8.44. The fourth-order valence-corrected chi connectivity index (χ4v) is 4.84. The van der Waals surface area contributed by atoms with E-state index in [1.54, 1.807) is 24.3 Å². The zero-order chi connectivity index (χ0) is 23.1. The molecule has 0 heterocycles. The third kappa shape index (κ3) is 6.63. The predicted molar refractivity (Wildman–Crippen MR) is 130 cm³/mol. The molecular weight excluding hydrogens is 537 g/mol. The quantitative estimate of drug-likeness (QED) is 0.311. The number of hydrazone groups is 1. The molecule has 0 atom stereocenters. The summed E-state index contributed by atoms with van der Waals surface area (Å²) >= 11 is 15.5. The first-order chi connectivity index (χ1) is 15.3. The number of nitrogens with one attached hydrogen (secondary N) is 1. The number of carbonyl (C=O) groups excluding carboxylic acids is 1. The lowest BCUT2D eigenvalue weighted by atomic mass is 10.2. The van der Waals surface area contributed by atoms with E-state index in [0.717, 1.165) is 14.3 Å². The minimum absolute atomic E-state index is 0.0476. The van der Waals surface area contributed by atoms with Crippen molar-refractivity contribution in [2.45, 2.75) is 11.4 Å². The Morgan fingerprint density at radius 3 is 2.38 bits per heavy atom. The minimum Gasteiger partial charge on any atom is -0.272 e. The van der Waals surface area contributed by atoms with Crippen LogP contribution in [-0.2, 0) is 21.4 Å². The summed E-state index contributed by atoms with van der Waals surface area (Å²) in [5, 5.41) is 4.63. The molecular formula is C22H18BrCl2N3O3S. The van der Waals surface area contributed by atoms with E-state index >= 15 is 0 Å². The molecule has 0 saturated heterocycles. The number of carbonyl (C=O) groups is 1. The molecule has 0 fully saturated rings. The molecule has 166 valence electrons. The zero-order valence-corrected chi connectivity index (χ0v) is 20.5. The topological polar surface area (TPSA) is 78.8 Å². The van der Waals surface area contributed by atoms with E-state index in [1.807, 2.05) is 30.3 Å². The minimum atomic E-state index is -4.01. The Labute approximate surface area is 205 Å². The Hall–Kier alpha value is -2.23. The Bertz CT molecular complexity index is 1220. The summed E-state index contributed by atoms with van der Waals surface area (Å²) < 4.78 is 28.3. The second kappa shape index (κ2) is 11.1. The van der Waals surface area contributed by atoms with Crippen molar-refractivity contribution >= 4 is 61.3 Å². The van der Waals surface area contributed by atoms with E-state index in [0.29, 0.717) is 15.6 Å². The van der Waals surface area contributed by atoms with E-state index in [9.17, 15) is 13.2 Å². The first kappa shape index (κ1) is 24.4. The number of halogens is 3. The smallest absolute Gasteiger partial charge is 0.255 e. The normalized spacial score (nSPS) is 11.8. The Morgan fingerprint density at radius 1 is 1.03 bits per heavy atom. The molecule has 0 saturated carbocycles. The van der Waals surface area contributed by atoms with Crippen LogP contribution in [0.4, 0.5) is 0 Å². The number of amides is 1. The fraction of sp³-hybridized carbons (Fsp3) is 0.0909. The van der Waals surface area contributed by atoms with Gasteiger partial charge in [-0.15, -0.1) is 0 Å². The van der Waals surface area contributed by atoms with Crippen LogP contribution in [0.2, 0.25) is 10.0 Å². The number of hydrogen-bond acceptors (Lipinski definition) is 4. The van der Waals surface area contributed by atoms with Crippen LogP contribution in [0.5, 0.6) is 0 Å². The molecule has 0 bridgehead atoms. The van der Waals surface area contributed by atoms with Crippen molar-refractivity contribution in [1.82, 2.24) is 9.73 Å². The van der Waals surface area contributed by atoms with E-state index in [4.69, 9.17) is 23.2 Å². The summed E-state index contributed by atoms with van der Waals surface area (Å²) in [6.45, 7) is -0.576. The summed E-state index contributed by atoms with van der Waals surface area (Å²) in [7, 11) is -4.01. The fourth-order valence-electron chi connectivity index (χ4n) is 2.73. The zero-order valence-electron chi connectivity index (χ0n) is 16.6. The van der Waals surface area contributed by atoms with Gasteiger partial charge in [0, 0.05) is 21.1 Å². The third-order valence-corrected chi connectivity index (χ3v) is 7.26. The molecule has 3 rings (SSSR count). The lowest BCUT2D eigenvalue weighted by molar-refractivity contribution is -0.121. The molecule has 3 aromatic carbocycles. The monoisotopic (exact) mass is 553 g/mol. The Balaban J connectivity index is 1.83. The van der Waals surface area contributed by atoms with Crippen molar-refractivity contribution in [3.8, 4) is 0 Å². The summed E-state index contributed by atoms with van der Waals surface area (Å²) in [4.78, 5) is 12.6. The average molecular weight is 555 g/mol. The number of nitrogens with zero attached hydrogens (tertiary/aromatic N) is 2. The largest absolute Gasteiger partial charge is 0.272 e. The highest BCUT2D eigenvalue weighted by molar-refractivity contribution is 9.10. The van der Waals surface area contributed by atoms with Crippen LogP contribution < -0.4 is 5.43 Å². The maximum Gasteiger partial charge on any atom is 0.255 e. The van der Waals surface area contributed by atoms with Gasteiger partial charge in [-0.05, 0) is 47.5 Å². The standard InChI is InChI=1S/C22H18BrCl2N3O3S/c23-18-7-10-20(11-8-18)32(30,31)28(14-17-6-9-19(24)12-21(17)25)15-22(29)27-26-13-16-4-2-1-3-5-16/h1-13H,14-15H2,(H,27,29)/b26-13+. The van der Waals surface area contributed by atoms with Gasteiger partial charge in [-0.2, -0.15) is 9.41 Å². The van der Waals surface area contributed by atoms with Crippen molar-refractivity contribution in [2.24, 2.45) is 5.10 Å². The van der Waals surface area contributed by atoms with E-state index in [1.165, 1.54) is 24.4 Å². The van der Waals surface area contributed by atoms with Gasteiger partial charge >= 0.3 is 0 Å². The molecule has 10 heteroatoms. The molecule has 0 unspecified atom stereocenters. The van der Waals surface area contributed by atoms with Gasteiger partial charge in [0.25, 0.3) is 5.91 Å². The van der Waals surface area contributed by atoms with Crippen molar-refractivity contribution in [3.63, 3.8) is 0 Å². The Morgan fingerprint density at radius 2 is 1.72 bits per heavy atom. The summed E-state index contributed by atoms with van der Waals surface area (Å²) in [5.41, 5.74) is 3.67. The lowest BCUT2D eigenvalue weighted by Crippen LogP contribution is -2.39. The van der Waals surface area contributed by atoms with Gasteiger partial charge in [0.05, 0.1) is 17.7 Å². The highest BCUT2D eigenvalue weighted by atomic mass is 79.9. The van der Waals surface area contributed by atoms with Gasteiger partial charge in [0.15, 0.2) is 0 Å². The SMILES string of the molecule is O=C(CN(Cc1ccc(Cl)cc1Cl)S(=O)(=O)c1ccc(Br)cc1)N/N=C/c1ccccc1. The van der Waals surface area contributed by atoms with Crippen LogP contribution in [-0.4, -0.2) is 31.4 Å². The summed E-state index contributed by atoms with van der Waals surface area (Å²) in [5.74, 6) is -0.594. The molecule has 0 aliphatic heterocycles. The molecule has 3 aromatic rings. The first-order valence-corrected chi connectivity index (χ1v) is 12.3. The van der Waals surface area contributed by atoms with Crippen LogP contribution in [0.1, 0.15) is 11.1 Å². The second-order valence-electron chi connectivity index (χ2n) is 6.67. The maximum absolute atomic E-state index is 13.3. The molecule has 1 amide bonds. The van der Waals surface area contributed by atoms with Gasteiger partial charge in [-0.3, -0.25) is 4.79 Å². The van der Waals surface area contributed by atoms with E-state index < -0.39 is 22.5 Å². The number of rotatable bonds is 8. The molecule has 0 radical (unpaired) electrons. The van der Waals surface area contributed by atoms with Gasteiger partial charge in [-0.1, -0.05) is 75.5 Å². The van der Waals surface area contributed by atoms with Crippen LogP contribution in [0, 0.1) is 0 Å². The summed E-state index contributed by atoms with van der Waals surface area (Å²) in [6, 6.07) is 20.1. The van der Waals surface area contributed by atoms with E-state index in [-0.39, 0.29) is 11.4 Å². The van der Waals surface area contributed by atoms with Gasteiger partial charge in [-0.25, -0.2) is 13.8 Å². The molecule has 0 aliphatic carbocycles. The van der Waals surface area contributed by atoms with E-state index in [2.05, 4.69) is 26.5 Å². The van der Waals surface area contributed by atoms with Crippen LogP contribution in [0.3, 0.4) is 0 Å². The third-order valence-electron chi connectivity index (χ3n) is 4.34. The molecule has 6 nitrogen and oxygen atoms in total. The molecule has 1 N–H and O–H groups in total. The summed E-state index contributed by atoms with van der Waals surface area (Å²) in [6.07, 6.45) is 1.47. The molecule has 0 aliphatic rings. The highest BCUT2D eigenvalue weighted by Gasteiger charge is 2.27. The van der Waals surface area contributed by atoms with Gasteiger partial charge in [0.1, 0.15) is 0 Å². The van der Waals surface area contributed by atoms with Crippen LogP contribution in [0.25, 0.3) is 0 Å². The predicted octanol–water partition coefficient (Wildman–Crippen LogP) is 5.10. The maximum atomic E-state index is 13.3. The molecule has 0 spiro atoms. The van der Waals surface area contributed by atoms with Crippen LogP contribution in [0.15, 0.2) is 87.3 Å². The molecule has 0 aromatic heterocycles. The average Bonchev–Trinajstić information content (AvgIpc) is 2.76. The highest BCUT2D eigenvalue weighted by Crippen LogP contribution is 2.25. The lowest BCUT2D eigenvalue weighted by Gasteiger charge is -2.22. The first-order valence-electron chi connectivity index (χ1n) is 9.32.